The molecule has 106 valence electrons. The molecule has 1 aromatic carbocycles. The molecule has 1 aliphatic rings. The van der Waals surface area contributed by atoms with Crippen LogP contribution in [-0.2, 0) is 9.59 Å². The molecule has 0 saturated heterocycles. The number of carbonyl (C=O) groups is 2. The van der Waals surface area contributed by atoms with Gasteiger partial charge in [0.15, 0.2) is 0 Å². The highest BCUT2D eigenvalue weighted by atomic mass is 16.5. The van der Waals surface area contributed by atoms with Gasteiger partial charge < -0.3 is 10.1 Å². The number of hydrogen-bond acceptors (Lipinski definition) is 4. The summed E-state index contributed by atoms with van der Waals surface area (Å²) < 4.78 is 5.51. The minimum atomic E-state index is -0.232. The van der Waals surface area contributed by atoms with Gasteiger partial charge in [-0.05, 0) is 18.6 Å². The summed E-state index contributed by atoms with van der Waals surface area (Å²) in [5, 5.41) is 6.48. The molecule has 0 radical (unpaired) electrons. The number of rotatable bonds is 6. The number of hydrazone groups is 1. The van der Waals surface area contributed by atoms with Crippen LogP contribution in [-0.4, -0.2) is 30.7 Å². The fourth-order valence-electron chi connectivity index (χ4n) is 1.72. The van der Waals surface area contributed by atoms with Gasteiger partial charge >= 0.3 is 0 Å². The Kier molecular flexibility index (Phi) is 5.11. The number of nitrogens with one attached hydrogen (secondary N) is 2. The fraction of sp³-hybridized carbons (Fsp3) is 0.357. The molecule has 0 bridgehead atoms. The molecule has 2 N–H and O–H groups in total. The van der Waals surface area contributed by atoms with Gasteiger partial charge in [-0.15, -0.1) is 0 Å². The number of nitrogens with zero attached hydrogens (tertiary/aromatic N) is 1. The second kappa shape index (κ2) is 7.28. The van der Waals surface area contributed by atoms with Crippen molar-refractivity contribution in [1.82, 2.24) is 10.7 Å². The SMILES string of the molecule is O=C1CCC(C(=O)NCCCOc2ccccc2)=NN1. The lowest BCUT2D eigenvalue weighted by Crippen LogP contribution is -2.37. The van der Waals surface area contributed by atoms with Crippen LogP contribution in [0.4, 0.5) is 0 Å². The van der Waals surface area contributed by atoms with Crippen LogP contribution < -0.4 is 15.5 Å². The molecule has 20 heavy (non-hydrogen) atoms. The molecule has 0 unspecified atom stereocenters. The highest BCUT2D eigenvalue weighted by Crippen LogP contribution is 2.08. The molecule has 0 atom stereocenters. The number of carbonyl (C=O) groups excluding carboxylic acids is 2. The summed E-state index contributed by atoms with van der Waals surface area (Å²) in [5.41, 5.74) is 2.67. The van der Waals surface area contributed by atoms with Crippen LogP contribution >= 0.6 is 0 Å². The van der Waals surface area contributed by atoms with Gasteiger partial charge in [-0.25, -0.2) is 5.43 Å². The van der Waals surface area contributed by atoms with Crippen molar-refractivity contribution in [1.29, 1.82) is 0 Å². The Balaban J connectivity index is 1.61. The van der Waals surface area contributed by atoms with Crippen molar-refractivity contribution in [2.75, 3.05) is 13.2 Å². The van der Waals surface area contributed by atoms with Crippen molar-refractivity contribution in [3.05, 3.63) is 30.3 Å². The van der Waals surface area contributed by atoms with Crippen LogP contribution in [0.2, 0.25) is 0 Å². The number of amides is 2. The quantitative estimate of drug-likeness (QED) is 0.755. The van der Waals surface area contributed by atoms with Gasteiger partial charge in [0.25, 0.3) is 5.91 Å². The van der Waals surface area contributed by atoms with E-state index in [9.17, 15) is 9.59 Å². The first-order valence-electron chi connectivity index (χ1n) is 6.57. The summed E-state index contributed by atoms with van der Waals surface area (Å²) in [6.45, 7) is 1.05. The van der Waals surface area contributed by atoms with E-state index in [4.69, 9.17) is 4.74 Å². The normalized spacial score (nSPS) is 14.2. The summed E-state index contributed by atoms with van der Waals surface area (Å²) in [7, 11) is 0. The highest BCUT2D eigenvalue weighted by Gasteiger charge is 2.17. The van der Waals surface area contributed by atoms with E-state index in [1.807, 2.05) is 30.3 Å². The first kappa shape index (κ1) is 14.0. The summed E-state index contributed by atoms with van der Waals surface area (Å²) in [5.74, 6) is 0.431. The van der Waals surface area contributed by atoms with E-state index >= 15 is 0 Å². The monoisotopic (exact) mass is 275 g/mol. The molecule has 2 amide bonds. The van der Waals surface area contributed by atoms with Crippen molar-refractivity contribution < 1.29 is 14.3 Å². The second-order valence-corrected chi connectivity index (χ2v) is 4.36. The average Bonchev–Trinajstić information content (AvgIpc) is 2.48. The fourth-order valence-corrected chi connectivity index (χ4v) is 1.72. The van der Waals surface area contributed by atoms with Crippen LogP contribution in [0.1, 0.15) is 19.3 Å². The van der Waals surface area contributed by atoms with Crippen LogP contribution in [0.15, 0.2) is 35.4 Å². The Labute approximate surface area is 117 Å². The maximum atomic E-state index is 11.7. The number of benzene rings is 1. The zero-order valence-electron chi connectivity index (χ0n) is 11.1. The zero-order valence-corrected chi connectivity index (χ0v) is 11.1. The van der Waals surface area contributed by atoms with Crippen molar-refractivity contribution in [2.45, 2.75) is 19.3 Å². The molecular weight excluding hydrogens is 258 g/mol. The molecule has 0 aliphatic carbocycles. The van der Waals surface area contributed by atoms with Crippen LogP contribution in [0.3, 0.4) is 0 Å². The smallest absolute Gasteiger partial charge is 0.267 e. The number of para-hydroxylation sites is 1. The molecule has 0 spiro atoms. The maximum Gasteiger partial charge on any atom is 0.267 e. The Morgan fingerprint density at radius 3 is 2.80 bits per heavy atom. The lowest BCUT2D eigenvalue weighted by Gasteiger charge is -2.12. The minimum absolute atomic E-state index is 0.155. The first-order chi connectivity index (χ1) is 9.75. The molecule has 0 aromatic heterocycles. The van der Waals surface area contributed by atoms with Crippen molar-refractivity contribution in [3.8, 4) is 5.75 Å². The molecular formula is C14H17N3O3. The van der Waals surface area contributed by atoms with Gasteiger partial charge in [-0.2, -0.15) is 5.10 Å². The van der Waals surface area contributed by atoms with E-state index in [-0.39, 0.29) is 11.8 Å². The zero-order chi connectivity index (χ0) is 14.2. The van der Waals surface area contributed by atoms with E-state index in [0.717, 1.165) is 5.75 Å². The molecule has 1 aromatic rings. The van der Waals surface area contributed by atoms with Gasteiger partial charge in [0.1, 0.15) is 11.5 Å². The van der Waals surface area contributed by atoms with Crippen molar-refractivity contribution in [3.63, 3.8) is 0 Å². The highest BCUT2D eigenvalue weighted by molar-refractivity contribution is 6.39. The van der Waals surface area contributed by atoms with Crippen LogP contribution in [0, 0.1) is 0 Å². The number of hydrogen-bond donors (Lipinski definition) is 2. The van der Waals surface area contributed by atoms with E-state index in [1.54, 1.807) is 0 Å². The first-order valence-corrected chi connectivity index (χ1v) is 6.57. The summed E-state index contributed by atoms with van der Waals surface area (Å²) in [4.78, 5) is 22.6. The third kappa shape index (κ3) is 4.38. The third-order valence-electron chi connectivity index (χ3n) is 2.79. The Morgan fingerprint density at radius 2 is 2.10 bits per heavy atom. The minimum Gasteiger partial charge on any atom is -0.494 e. The predicted molar refractivity (Wildman–Crippen MR) is 74.4 cm³/mol. The molecule has 0 fully saturated rings. The average molecular weight is 275 g/mol. The van der Waals surface area contributed by atoms with Gasteiger partial charge in [0.2, 0.25) is 5.91 Å². The summed E-state index contributed by atoms with van der Waals surface area (Å²) in [6.07, 6.45) is 1.40. The Morgan fingerprint density at radius 1 is 1.30 bits per heavy atom. The van der Waals surface area contributed by atoms with Gasteiger partial charge in [-0.1, -0.05) is 18.2 Å². The lowest BCUT2D eigenvalue weighted by atomic mass is 10.1. The molecule has 6 heteroatoms. The predicted octanol–water partition coefficient (Wildman–Crippen LogP) is 0.838. The molecule has 2 rings (SSSR count). The van der Waals surface area contributed by atoms with E-state index in [0.29, 0.717) is 38.1 Å². The molecule has 1 aliphatic heterocycles. The van der Waals surface area contributed by atoms with Crippen molar-refractivity contribution >= 4 is 17.5 Å². The Bertz CT molecular complexity index is 500. The topological polar surface area (TPSA) is 79.8 Å². The molecule has 6 nitrogen and oxygen atoms in total. The van der Waals surface area contributed by atoms with Crippen LogP contribution in [0.25, 0.3) is 0 Å². The summed E-state index contributed by atoms with van der Waals surface area (Å²) in [6, 6.07) is 9.52. The van der Waals surface area contributed by atoms with Crippen molar-refractivity contribution in [2.24, 2.45) is 5.10 Å². The standard InChI is InChI=1S/C14H17N3O3/c18-13-8-7-12(16-17-13)14(19)15-9-4-10-20-11-5-2-1-3-6-11/h1-3,5-6H,4,7-10H2,(H,15,19)(H,17,18). The van der Waals surface area contributed by atoms with Crippen LogP contribution in [0.5, 0.6) is 5.75 Å². The van der Waals surface area contributed by atoms with E-state index in [1.165, 1.54) is 0 Å². The lowest BCUT2D eigenvalue weighted by molar-refractivity contribution is -0.121. The third-order valence-corrected chi connectivity index (χ3v) is 2.79. The van der Waals surface area contributed by atoms with Gasteiger partial charge in [0.05, 0.1) is 6.61 Å². The van der Waals surface area contributed by atoms with Gasteiger partial charge in [-0.3, -0.25) is 9.59 Å². The Hall–Kier alpha value is -2.37. The maximum absolute atomic E-state index is 11.7. The molecule has 1 heterocycles. The second-order valence-electron chi connectivity index (χ2n) is 4.36. The van der Waals surface area contributed by atoms with Gasteiger partial charge in [0, 0.05) is 19.4 Å². The largest absolute Gasteiger partial charge is 0.494 e. The van der Waals surface area contributed by atoms with E-state index < -0.39 is 0 Å². The van der Waals surface area contributed by atoms with E-state index in [2.05, 4.69) is 15.8 Å². The summed E-state index contributed by atoms with van der Waals surface area (Å²) >= 11 is 0. The number of ether oxygens (including phenoxy) is 1. The molecule has 0 saturated carbocycles.